The third kappa shape index (κ3) is 3.02. The molecule has 0 saturated carbocycles. The third-order valence-corrected chi connectivity index (χ3v) is 8.26. The summed E-state index contributed by atoms with van der Waals surface area (Å²) in [6, 6.07) is 33.4. The molecule has 1 saturated heterocycles. The molecule has 1 fully saturated rings. The molecule has 0 N–H and O–H groups in total. The van der Waals surface area contributed by atoms with Gasteiger partial charge in [0, 0.05) is 12.1 Å². The van der Waals surface area contributed by atoms with E-state index in [4.69, 9.17) is 9.73 Å². The fraction of sp³-hybridized carbons (Fsp3) is 0.182. The van der Waals surface area contributed by atoms with Gasteiger partial charge in [-0.15, -0.1) is 0 Å². The van der Waals surface area contributed by atoms with Gasteiger partial charge in [-0.3, -0.25) is 14.6 Å². The highest BCUT2D eigenvalue weighted by molar-refractivity contribution is 6.25. The fourth-order valence-electron chi connectivity index (χ4n) is 6.85. The number of benzene rings is 4. The number of anilines is 1. The van der Waals surface area contributed by atoms with Crippen molar-refractivity contribution in [3.63, 3.8) is 0 Å². The summed E-state index contributed by atoms with van der Waals surface area (Å²) in [5.41, 5.74) is 4.80. The predicted octanol–water partition coefficient (Wildman–Crippen LogP) is 6.04. The minimum Gasteiger partial charge on any atom is -0.494 e. The molecular formula is C33H26N2O3. The molecule has 4 aromatic rings. The Labute approximate surface area is 221 Å². The fourth-order valence-corrected chi connectivity index (χ4v) is 6.85. The van der Waals surface area contributed by atoms with Gasteiger partial charge in [-0.25, -0.2) is 4.90 Å². The van der Waals surface area contributed by atoms with Gasteiger partial charge in [0.2, 0.25) is 11.8 Å². The molecule has 0 spiro atoms. The smallest absolute Gasteiger partial charge is 0.239 e. The molecule has 1 aliphatic heterocycles. The monoisotopic (exact) mass is 498 g/mol. The van der Waals surface area contributed by atoms with Gasteiger partial charge in [-0.2, -0.15) is 0 Å². The Balaban J connectivity index is 1.46. The predicted molar refractivity (Wildman–Crippen MR) is 147 cm³/mol. The molecule has 0 unspecified atom stereocenters. The van der Waals surface area contributed by atoms with Gasteiger partial charge < -0.3 is 4.74 Å². The molecule has 186 valence electrons. The lowest BCUT2D eigenvalue weighted by Gasteiger charge is -2.52. The summed E-state index contributed by atoms with van der Waals surface area (Å²) in [4.78, 5) is 34.8. The first-order chi connectivity index (χ1) is 18.6. The molecule has 38 heavy (non-hydrogen) atoms. The number of amides is 2. The lowest BCUT2D eigenvalue weighted by atomic mass is 9.47. The quantitative estimate of drug-likeness (QED) is 0.249. The maximum Gasteiger partial charge on any atom is 0.239 e. The average molecular weight is 499 g/mol. The van der Waals surface area contributed by atoms with E-state index in [2.05, 4.69) is 24.3 Å². The van der Waals surface area contributed by atoms with Crippen molar-refractivity contribution in [2.45, 2.75) is 18.3 Å². The molecular weight excluding hydrogens is 472 g/mol. The molecule has 2 atom stereocenters. The van der Waals surface area contributed by atoms with Crippen LogP contribution in [0.15, 0.2) is 108 Å². The van der Waals surface area contributed by atoms with Gasteiger partial charge in [-0.1, -0.05) is 66.7 Å². The van der Waals surface area contributed by atoms with Gasteiger partial charge in [0.1, 0.15) is 5.75 Å². The molecule has 4 aliphatic rings. The Morgan fingerprint density at radius 1 is 0.789 bits per heavy atom. The summed E-state index contributed by atoms with van der Waals surface area (Å²) in [6.07, 6.45) is 1.92. The lowest BCUT2D eigenvalue weighted by molar-refractivity contribution is -0.122. The van der Waals surface area contributed by atoms with Crippen LogP contribution in [-0.4, -0.2) is 24.6 Å². The lowest BCUT2D eigenvalue weighted by Crippen LogP contribution is -2.54. The van der Waals surface area contributed by atoms with Gasteiger partial charge in [-0.05, 0) is 65.6 Å². The van der Waals surface area contributed by atoms with Crippen molar-refractivity contribution >= 4 is 29.4 Å². The first kappa shape index (κ1) is 22.7. The molecule has 2 amide bonds. The van der Waals surface area contributed by atoms with Crippen LogP contribution in [0.5, 0.6) is 5.75 Å². The Bertz CT molecular complexity index is 1540. The number of hydrogen-bond acceptors (Lipinski definition) is 4. The molecule has 3 aliphatic carbocycles. The van der Waals surface area contributed by atoms with Crippen LogP contribution in [0.4, 0.5) is 11.4 Å². The molecule has 0 radical (unpaired) electrons. The van der Waals surface area contributed by atoms with Crippen LogP contribution in [0, 0.1) is 11.8 Å². The Morgan fingerprint density at radius 3 is 2.03 bits per heavy atom. The van der Waals surface area contributed by atoms with E-state index in [9.17, 15) is 9.59 Å². The first-order valence-electron chi connectivity index (χ1n) is 13.0. The van der Waals surface area contributed by atoms with Gasteiger partial charge >= 0.3 is 0 Å². The van der Waals surface area contributed by atoms with Crippen LogP contribution >= 0.6 is 0 Å². The van der Waals surface area contributed by atoms with Gasteiger partial charge in [0.15, 0.2) is 0 Å². The number of carbonyl (C=O) groups excluding carboxylic acids is 2. The molecule has 1 heterocycles. The van der Waals surface area contributed by atoms with E-state index in [1.54, 1.807) is 0 Å². The van der Waals surface area contributed by atoms with Crippen LogP contribution in [0.1, 0.15) is 35.1 Å². The molecule has 0 aromatic heterocycles. The summed E-state index contributed by atoms with van der Waals surface area (Å²) in [5, 5.41) is 0. The number of carbonyl (C=O) groups is 2. The zero-order valence-electron chi connectivity index (χ0n) is 21.0. The molecule has 8 rings (SSSR count). The van der Waals surface area contributed by atoms with Crippen molar-refractivity contribution in [2.75, 3.05) is 11.5 Å². The summed E-state index contributed by atoms with van der Waals surface area (Å²) in [5.74, 6) is -0.792. The number of aliphatic imine (C=N–C) groups is 1. The van der Waals surface area contributed by atoms with Crippen LogP contribution < -0.4 is 9.64 Å². The Kier molecular flexibility index (Phi) is 5.08. The van der Waals surface area contributed by atoms with E-state index >= 15 is 0 Å². The van der Waals surface area contributed by atoms with Crippen molar-refractivity contribution < 1.29 is 14.3 Å². The number of nitrogens with zero attached hydrogens (tertiary/aromatic N) is 2. The maximum absolute atomic E-state index is 14.3. The van der Waals surface area contributed by atoms with E-state index in [0.29, 0.717) is 12.3 Å². The highest BCUT2D eigenvalue weighted by Crippen LogP contribution is 2.63. The van der Waals surface area contributed by atoms with Crippen LogP contribution in [0.2, 0.25) is 0 Å². The van der Waals surface area contributed by atoms with E-state index in [0.717, 1.165) is 33.7 Å². The van der Waals surface area contributed by atoms with Crippen molar-refractivity contribution in [2.24, 2.45) is 16.8 Å². The third-order valence-electron chi connectivity index (χ3n) is 8.26. The second kappa shape index (κ2) is 8.52. The largest absolute Gasteiger partial charge is 0.494 e. The highest BCUT2D eigenvalue weighted by Gasteiger charge is 2.67. The summed E-state index contributed by atoms with van der Waals surface area (Å²) in [6.45, 7) is 2.55. The number of imide groups is 1. The van der Waals surface area contributed by atoms with E-state index in [1.165, 1.54) is 4.90 Å². The molecule has 4 aromatic carbocycles. The Hall–Kier alpha value is -4.51. The van der Waals surface area contributed by atoms with Crippen molar-refractivity contribution in [3.05, 3.63) is 125 Å². The normalized spacial score (nSPS) is 24.9. The standard InChI is InChI=1S/C33H26N2O3/c1-2-38-23-18-16-21(17-19-23)34-20-33-26-14-8-6-12-24(26)28(25-13-7-9-15-27(25)33)29-30(33)32(37)35(31(29)36)22-10-4-3-5-11-22/h3-20,28-30H,2H2,1H3/t28?,29-,30+,33?/m0/s1. The van der Waals surface area contributed by atoms with Crippen LogP contribution in [-0.2, 0) is 15.0 Å². The average Bonchev–Trinajstić information content (AvgIpc) is 3.24. The van der Waals surface area contributed by atoms with Crippen LogP contribution in [0.25, 0.3) is 0 Å². The summed E-state index contributed by atoms with van der Waals surface area (Å²) in [7, 11) is 0. The van der Waals surface area contributed by atoms with Gasteiger partial charge in [0.25, 0.3) is 0 Å². The minimum absolute atomic E-state index is 0.140. The van der Waals surface area contributed by atoms with Gasteiger partial charge in [0.05, 0.1) is 35.2 Å². The molecule has 2 bridgehead atoms. The topological polar surface area (TPSA) is 59.0 Å². The number of hydrogen-bond donors (Lipinski definition) is 0. The van der Waals surface area contributed by atoms with Crippen molar-refractivity contribution in [3.8, 4) is 5.75 Å². The number of para-hydroxylation sites is 1. The first-order valence-corrected chi connectivity index (χ1v) is 13.0. The maximum atomic E-state index is 14.3. The van der Waals surface area contributed by atoms with Crippen LogP contribution in [0.3, 0.4) is 0 Å². The summed E-state index contributed by atoms with van der Waals surface area (Å²) < 4.78 is 5.59. The van der Waals surface area contributed by atoms with Crippen molar-refractivity contribution in [1.82, 2.24) is 0 Å². The zero-order chi connectivity index (χ0) is 25.9. The molecule has 5 nitrogen and oxygen atoms in total. The highest BCUT2D eigenvalue weighted by atomic mass is 16.5. The van der Waals surface area contributed by atoms with E-state index in [1.807, 2.05) is 92.0 Å². The zero-order valence-corrected chi connectivity index (χ0v) is 21.0. The second-order valence-electron chi connectivity index (χ2n) is 10.1. The minimum atomic E-state index is -0.874. The SMILES string of the molecule is CCOc1ccc(N=CC23c4ccccc4C(c4ccccc42)[C@@H]2C(=O)N(c4ccccc4)C(=O)[C@@H]23)cc1. The van der Waals surface area contributed by atoms with Crippen molar-refractivity contribution in [1.29, 1.82) is 0 Å². The summed E-state index contributed by atoms with van der Waals surface area (Å²) >= 11 is 0. The number of rotatable bonds is 5. The van der Waals surface area contributed by atoms with E-state index < -0.39 is 17.3 Å². The number of ether oxygens (including phenoxy) is 1. The second-order valence-corrected chi connectivity index (χ2v) is 10.1. The Morgan fingerprint density at radius 2 is 1.39 bits per heavy atom. The van der Waals surface area contributed by atoms with E-state index in [-0.39, 0.29) is 17.7 Å². The molecule has 5 heteroatoms.